The van der Waals surface area contributed by atoms with Gasteiger partial charge in [0.15, 0.2) is 0 Å². The van der Waals surface area contributed by atoms with E-state index in [-0.39, 0.29) is 5.91 Å². The standard InChI is InChI=1S/C6H11NO.C3H9N/c1-3-4-5(2)6(7)8;1-4(2)3/h2-4H2,1H3,(H2,7,8);1-3H3/p+1. The number of carbonyl (C=O) groups excluding carboxylic acids is 1. The highest BCUT2D eigenvalue weighted by Gasteiger charge is 1.96. The van der Waals surface area contributed by atoms with E-state index in [4.69, 9.17) is 5.73 Å². The van der Waals surface area contributed by atoms with E-state index in [0.29, 0.717) is 5.57 Å². The average Bonchev–Trinajstić information content (AvgIpc) is 1.86. The van der Waals surface area contributed by atoms with E-state index < -0.39 is 0 Å². The largest absolute Gasteiger partial charge is 0.366 e. The maximum Gasteiger partial charge on any atom is 0.244 e. The molecule has 0 aromatic rings. The Hall–Kier alpha value is -0.830. The van der Waals surface area contributed by atoms with Gasteiger partial charge >= 0.3 is 0 Å². The maximum atomic E-state index is 10.2. The summed E-state index contributed by atoms with van der Waals surface area (Å²) in [5.41, 5.74) is 5.40. The van der Waals surface area contributed by atoms with Gasteiger partial charge in [-0.05, 0) is 6.42 Å². The smallest absolute Gasteiger partial charge is 0.244 e. The Balaban J connectivity index is 0. The molecule has 3 N–H and O–H groups in total. The lowest BCUT2D eigenvalue weighted by Crippen LogP contribution is -3.02. The lowest BCUT2D eigenvalue weighted by atomic mass is 10.2. The van der Waals surface area contributed by atoms with E-state index in [1.807, 2.05) is 6.92 Å². The fraction of sp³-hybridized carbons (Fsp3) is 0.667. The molecule has 0 fully saturated rings. The molecule has 3 nitrogen and oxygen atoms in total. The Morgan fingerprint density at radius 2 is 1.75 bits per heavy atom. The predicted octanol–water partition coefficient (Wildman–Crippen LogP) is -0.411. The van der Waals surface area contributed by atoms with Crippen LogP contribution in [0.25, 0.3) is 0 Å². The Morgan fingerprint density at radius 3 is 1.83 bits per heavy atom. The summed E-state index contributed by atoms with van der Waals surface area (Å²) in [6.45, 7) is 5.45. The normalized spacial score (nSPS) is 8.75. The van der Waals surface area contributed by atoms with Gasteiger partial charge in [-0.15, -0.1) is 0 Å². The van der Waals surface area contributed by atoms with Gasteiger partial charge in [0.25, 0.3) is 0 Å². The third-order valence-electron chi connectivity index (χ3n) is 0.900. The first kappa shape index (κ1) is 13.7. The minimum Gasteiger partial charge on any atom is -0.366 e. The van der Waals surface area contributed by atoms with Crippen LogP contribution in [-0.2, 0) is 4.79 Å². The molecule has 0 spiro atoms. The Bertz CT molecular complexity index is 139. The summed E-state index contributed by atoms with van der Waals surface area (Å²) in [4.78, 5) is 11.6. The Kier molecular flexibility index (Phi) is 9.47. The van der Waals surface area contributed by atoms with Crippen molar-refractivity contribution in [1.29, 1.82) is 0 Å². The number of quaternary nitrogens is 1. The molecule has 12 heavy (non-hydrogen) atoms. The van der Waals surface area contributed by atoms with E-state index >= 15 is 0 Å². The SMILES string of the molecule is C=C(CCC)C(N)=O.C[NH+](C)C. The molecule has 0 radical (unpaired) electrons. The highest BCUT2D eigenvalue weighted by atomic mass is 16.1. The van der Waals surface area contributed by atoms with E-state index in [1.54, 1.807) is 0 Å². The molecule has 0 heterocycles. The molecular weight excluding hydrogens is 152 g/mol. The van der Waals surface area contributed by atoms with E-state index in [0.717, 1.165) is 12.8 Å². The first-order valence-corrected chi connectivity index (χ1v) is 4.16. The van der Waals surface area contributed by atoms with Crippen LogP contribution in [-0.4, -0.2) is 27.1 Å². The number of hydrogen-bond acceptors (Lipinski definition) is 1. The summed E-state index contributed by atoms with van der Waals surface area (Å²) in [5, 5.41) is 0. The van der Waals surface area contributed by atoms with Gasteiger partial charge in [-0.2, -0.15) is 0 Å². The van der Waals surface area contributed by atoms with Crippen molar-refractivity contribution in [2.45, 2.75) is 19.8 Å². The topological polar surface area (TPSA) is 47.5 Å². The minimum atomic E-state index is -0.383. The van der Waals surface area contributed by atoms with Gasteiger partial charge in [-0.25, -0.2) is 0 Å². The summed E-state index contributed by atoms with van der Waals surface area (Å²) in [7, 11) is 6.25. The number of amides is 1. The van der Waals surface area contributed by atoms with E-state index in [2.05, 4.69) is 27.7 Å². The second kappa shape index (κ2) is 8.27. The first-order chi connectivity index (χ1) is 5.41. The maximum absolute atomic E-state index is 10.2. The molecule has 0 saturated heterocycles. The molecular formula is C9H21N2O+. The summed E-state index contributed by atoms with van der Waals surface area (Å²) in [6.07, 6.45) is 1.65. The van der Waals surface area contributed by atoms with Gasteiger partial charge < -0.3 is 10.6 Å². The molecule has 0 aromatic heterocycles. The third kappa shape index (κ3) is 16.1. The molecule has 0 aromatic carbocycles. The quantitative estimate of drug-likeness (QED) is 0.560. The molecule has 0 atom stereocenters. The molecule has 0 aliphatic heterocycles. The van der Waals surface area contributed by atoms with Gasteiger partial charge in [-0.1, -0.05) is 19.9 Å². The summed E-state index contributed by atoms with van der Waals surface area (Å²) >= 11 is 0. The Labute approximate surface area is 75.2 Å². The highest BCUT2D eigenvalue weighted by Crippen LogP contribution is 1.98. The summed E-state index contributed by atoms with van der Waals surface area (Å²) in [5.74, 6) is -0.383. The molecule has 0 bridgehead atoms. The number of primary amides is 1. The number of carbonyl (C=O) groups is 1. The zero-order valence-corrected chi connectivity index (χ0v) is 8.61. The minimum absolute atomic E-state index is 0.383. The second-order valence-corrected chi connectivity index (χ2v) is 3.22. The van der Waals surface area contributed by atoms with Crippen molar-refractivity contribution in [2.75, 3.05) is 21.1 Å². The second-order valence-electron chi connectivity index (χ2n) is 3.22. The van der Waals surface area contributed by atoms with Crippen LogP contribution in [0.3, 0.4) is 0 Å². The predicted molar refractivity (Wildman–Crippen MR) is 52.0 cm³/mol. The zero-order valence-electron chi connectivity index (χ0n) is 8.61. The van der Waals surface area contributed by atoms with E-state index in [1.165, 1.54) is 4.90 Å². The van der Waals surface area contributed by atoms with Crippen LogP contribution >= 0.6 is 0 Å². The highest BCUT2D eigenvalue weighted by molar-refractivity contribution is 5.91. The lowest BCUT2D eigenvalue weighted by molar-refractivity contribution is -0.836. The van der Waals surface area contributed by atoms with Crippen molar-refractivity contribution in [2.24, 2.45) is 5.73 Å². The summed E-state index contributed by atoms with van der Waals surface area (Å²) in [6, 6.07) is 0. The van der Waals surface area contributed by atoms with Crippen molar-refractivity contribution in [3.05, 3.63) is 12.2 Å². The van der Waals surface area contributed by atoms with Crippen LogP contribution in [0.5, 0.6) is 0 Å². The molecule has 0 aliphatic rings. The van der Waals surface area contributed by atoms with Gasteiger partial charge in [0.2, 0.25) is 5.91 Å². The zero-order chi connectivity index (χ0) is 10.1. The van der Waals surface area contributed by atoms with Crippen LogP contribution in [0.1, 0.15) is 19.8 Å². The van der Waals surface area contributed by atoms with Gasteiger partial charge in [0.1, 0.15) is 0 Å². The first-order valence-electron chi connectivity index (χ1n) is 4.16. The fourth-order valence-corrected chi connectivity index (χ4v) is 0.425. The number of rotatable bonds is 3. The van der Waals surface area contributed by atoms with Gasteiger partial charge in [0.05, 0.1) is 21.1 Å². The van der Waals surface area contributed by atoms with Crippen molar-refractivity contribution < 1.29 is 9.69 Å². The lowest BCUT2D eigenvalue weighted by Gasteiger charge is -1.93. The monoisotopic (exact) mass is 173 g/mol. The third-order valence-corrected chi connectivity index (χ3v) is 0.900. The average molecular weight is 173 g/mol. The Morgan fingerprint density at radius 1 is 1.42 bits per heavy atom. The van der Waals surface area contributed by atoms with Gasteiger partial charge in [-0.3, -0.25) is 4.79 Å². The van der Waals surface area contributed by atoms with Gasteiger partial charge in [0, 0.05) is 5.57 Å². The molecule has 72 valence electrons. The molecule has 0 aliphatic carbocycles. The number of hydrogen-bond donors (Lipinski definition) is 2. The van der Waals surface area contributed by atoms with Crippen LogP contribution in [0, 0.1) is 0 Å². The van der Waals surface area contributed by atoms with Crippen molar-refractivity contribution in [3.63, 3.8) is 0 Å². The van der Waals surface area contributed by atoms with Crippen LogP contribution in [0.2, 0.25) is 0 Å². The van der Waals surface area contributed by atoms with Crippen LogP contribution in [0.15, 0.2) is 12.2 Å². The molecule has 3 heteroatoms. The molecule has 0 rings (SSSR count). The van der Waals surface area contributed by atoms with Crippen molar-refractivity contribution in [3.8, 4) is 0 Å². The van der Waals surface area contributed by atoms with E-state index in [9.17, 15) is 4.79 Å². The van der Waals surface area contributed by atoms with Crippen LogP contribution in [0.4, 0.5) is 0 Å². The van der Waals surface area contributed by atoms with Crippen molar-refractivity contribution >= 4 is 5.91 Å². The van der Waals surface area contributed by atoms with Crippen molar-refractivity contribution in [1.82, 2.24) is 0 Å². The fourth-order valence-electron chi connectivity index (χ4n) is 0.425. The molecule has 0 saturated carbocycles. The molecule has 1 amide bonds. The number of nitrogens with two attached hydrogens (primary N) is 1. The number of nitrogens with one attached hydrogen (secondary N) is 1. The molecule has 0 unspecified atom stereocenters. The summed E-state index contributed by atoms with van der Waals surface area (Å²) < 4.78 is 0. The van der Waals surface area contributed by atoms with Crippen LogP contribution < -0.4 is 10.6 Å².